The molecule has 5 rings (SSSR count). The van der Waals surface area contributed by atoms with E-state index in [0.717, 1.165) is 30.9 Å². The van der Waals surface area contributed by atoms with E-state index in [-0.39, 0.29) is 11.6 Å². The lowest BCUT2D eigenvalue weighted by Crippen LogP contribution is -2.37. The number of nitrogens with zero attached hydrogens (tertiary/aromatic N) is 4. The predicted octanol–water partition coefficient (Wildman–Crippen LogP) is 5.06. The number of hydrogen-bond donors (Lipinski definition) is 0. The molecule has 2 aromatic carbocycles. The second-order valence-corrected chi connectivity index (χ2v) is 8.40. The molecule has 1 aliphatic rings. The number of aromatic nitrogens is 2. The highest BCUT2D eigenvalue weighted by atomic mass is 16.1. The number of nitriles is 1. The average Bonchev–Trinajstić information content (AvgIpc) is 2.90. The van der Waals surface area contributed by atoms with Gasteiger partial charge < -0.3 is 4.57 Å². The van der Waals surface area contributed by atoms with E-state index in [4.69, 9.17) is 0 Å². The quantitative estimate of drug-likeness (QED) is 0.404. The summed E-state index contributed by atoms with van der Waals surface area (Å²) in [6, 6.07) is 27.3. The topological polar surface area (TPSA) is 61.9 Å². The zero-order chi connectivity index (χ0) is 23.3. The second kappa shape index (κ2) is 9.70. The van der Waals surface area contributed by atoms with Gasteiger partial charge in [0.25, 0.3) is 5.56 Å². The monoisotopic (exact) mass is 444 g/mol. The molecule has 1 atom stereocenters. The molecular weight excluding hydrogens is 420 g/mol. The highest BCUT2D eigenvalue weighted by molar-refractivity contribution is 5.74. The van der Waals surface area contributed by atoms with E-state index >= 15 is 0 Å². The van der Waals surface area contributed by atoms with Crippen molar-refractivity contribution < 1.29 is 0 Å². The summed E-state index contributed by atoms with van der Waals surface area (Å²) >= 11 is 0. The van der Waals surface area contributed by atoms with E-state index in [9.17, 15) is 10.1 Å². The van der Waals surface area contributed by atoms with Crippen molar-refractivity contribution in [3.8, 4) is 28.5 Å². The molecular formula is C29H24N4O. The summed E-state index contributed by atoms with van der Waals surface area (Å²) in [6.45, 7) is 2.38. The van der Waals surface area contributed by atoms with Gasteiger partial charge in [-0.3, -0.25) is 14.7 Å². The largest absolute Gasteiger partial charge is 0.306 e. The molecule has 5 nitrogen and oxygen atoms in total. The molecule has 0 fully saturated rings. The van der Waals surface area contributed by atoms with Crippen LogP contribution in [0.15, 0.2) is 108 Å². The molecule has 166 valence electrons. The van der Waals surface area contributed by atoms with Gasteiger partial charge in [-0.25, -0.2) is 0 Å². The summed E-state index contributed by atoms with van der Waals surface area (Å²) < 4.78 is 1.79. The summed E-state index contributed by atoms with van der Waals surface area (Å²) in [5, 5.41) is 9.66. The number of hydrogen-bond acceptors (Lipinski definition) is 4. The lowest BCUT2D eigenvalue weighted by atomic mass is 9.99. The van der Waals surface area contributed by atoms with E-state index < -0.39 is 0 Å². The van der Waals surface area contributed by atoms with Crippen LogP contribution in [0.25, 0.3) is 22.4 Å². The van der Waals surface area contributed by atoms with Crippen LogP contribution in [-0.4, -0.2) is 27.5 Å². The fraction of sp³-hybridized carbons (Fsp3) is 0.138. The normalized spacial score (nSPS) is 15.7. The van der Waals surface area contributed by atoms with Crippen LogP contribution in [0.4, 0.5) is 0 Å². The molecule has 0 spiro atoms. The van der Waals surface area contributed by atoms with Crippen LogP contribution in [-0.2, 0) is 6.54 Å². The van der Waals surface area contributed by atoms with Crippen LogP contribution >= 0.6 is 0 Å². The van der Waals surface area contributed by atoms with Crippen molar-refractivity contribution in [3.63, 3.8) is 0 Å². The first kappa shape index (κ1) is 21.6. The van der Waals surface area contributed by atoms with Crippen LogP contribution in [0.3, 0.4) is 0 Å². The molecule has 0 saturated carbocycles. The molecule has 34 heavy (non-hydrogen) atoms. The van der Waals surface area contributed by atoms with Crippen molar-refractivity contribution in [2.45, 2.75) is 12.6 Å². The van der Waals surface area contributed by atoms with Gasteiger partial charge in [0.2, 0.25) is 0 Å². The standard InChI is InChI=1S/C29H24N4O/c30-18-23-11-4-5-13-26(23)27-17-24(28-14-6-7-15-31-28)20-33(29(27)34)25-12-8-16-32(21-25)19-22-9-2-1-3-10-22/h1-15,17,20,25H,16,19,21H2. The van der Waals surface area contributed by atoms with Gasteiger partial charge in [-0.1, -0.05) is 66.7 Å². The zero-order valence-corrected chi connectivity index (χ0v) is 18.7. The Kier molecular flexibility index (Phi) is 6.15. The minimum Gasteiger partial charge on any atom is -0.306 e. The molecule has 2 aromatic heterocycles. The van der Waals surface area contributed by atoms with Crippen LogP contribution < -0.4 is 5.56 Å². The molecule has 1 aliphatic heterocycles. The summed E-state index contributed by atoms with van der Waals surface area (Å²) in [5.41, 5.74) is 4.39. The third-order valence-electron chi connectivity index (χ3n) is 6.11. The van der Waals surface area contributed by atoms with Crippen LogP contribution in [0, 0.1) is 11.3 Å². The lowest BCUT2D eigenvalue weighted by molar-refractivity contribution is 0.250. The number of benzene rings is 2. The van der Waals surface area contributed by atoms with Crippen molar-refractivity contribution in [2.24, 2.45) is 0 Å². The van der Waals surface area contributed by atoms with Gasteiger partial charge in [-0.15, -0.1) is 0 Å². The third-order valence-corrected chi connectivity index (χ3v) is 6.11. The minimum absolute atomic E-state index is 0.112. The van der Waals surface area contributed by atoms with Crippen molar-refractivity contribution in [3.05, 3.63) is 125 Å². The van der Waals surface area contributed by atoms with E-state index in [0.29, 0.717) is 16.7 Å². The Morgan fingerprint density at radius 3 is 2.56 bits per heavy atom. The van der Waals surface area contributed by atoms with E-state index in [2.05, 4.69) is 40.2 Å². The maximum Gasteiger partial charge on any atom is 0.259 e. The first-order chi connectivity index (χ1) is 16.7. The minimum atomic E-state index is -0.123. The molecule has 0 amide bonds. The first-order valence-electron chi connectivity index (χ1n) is 11.3. The van der Waals surface area contributed by atoms with Crippen LogP contribution in [0.1, 0.15) is 17.2 Å². The van der Waals surface area contributed by atoms with Gasteiger partial charge in [-0.2, -0.15) is 5.26 Å². The molecule has 0 N–H and O–H groups in total. The summed E-state index contributed by atoms with van der Waals surface area (Å²) in [5.74, 6) is 0. The van der Waals surface area contributed by atoms with Gasteiger partial charge in [-0.05, 0) is 29.8 Å². The third kappa shape index (κ3) is 4.45. The fourth-order valence-corrected chi connectivity index (χ4v) is 4.45. The maximum absolute atomic E-state index is 13.8. The Labute approximate surface area is 198 Å². The number of pyridine rings is 2. The molecule has 0 saturated heterocycles. The first-order valence-corrected chi connectivity index (χ1v) is 11.3. The average molecular weight is 445 g/mol. The van der Waals surface area contributed by atoms with Gasteiger partial charge >= 0.3 is 0 Å². The smallest absolute Gasteiger partial charge is 0.259 e. The Hall–Kier alpha value is -4.27. The van der Waals surface area contributed by atoms with E-state index in [1.807, 2.05) is 66.9 Å². The Morgan fingerprint density at radius 1 is 0.971 bits per heavy atom. The Balaban J connectivity index is 1.59. The van der Waals surface area contributed by atoms with E-state index in [1.54, 1.807) is 16.8 Å². The number of rotatable bonds is 5. The van der Waals surface area contributed by atoms with Gasteiger partial charge in [0.1, 0.15) is 0 Å². The Bertz CT molecular complexity index is 1420. The van der Waals surface area contributed by atoms with Crippen molar-refractivity contribution in [1.29, 1.82) is 5.26 Å². The van der Waals surface area contributed by atoms with Gasteiger partial charge in [0.05, 0.1) is 23.4 Å². The summed E-state index contributed by atoms with van der Waals surface area (Å²) in [4.78, 5) is 20.6. The summed E-state index contributed by atoms with van der Waals surface area (Å²) in [7, 11) is 0. The van der Waals surface area contributed by atoms with Crippen molar-refractivity contribution in [1.82, 2.24) is 14.5 Å². The van der Waals surface area contributed by atoms with E-state index in [1.165, 1.54) is 5.56 Å². The summed E-state index contributed by atoms with van der Waals surface area (Å²) in [6.07, 6.45) is 7.87. The molecule has 4 aromatic rings. The molecule has 5 heteroatoms. The highest BCUT2D eigenvalue weighted by Crippen LogP contribution is 2.27. The molecule has 3 heterocycles. The maximum atomic E-state index is 13.8. The molecule has 0 aliphatic carbocycles. The SMILES string of the molecule is N#Cc1ccccc1-c1cc(-c2ccccn2)cn(C2C=CCN(Cc3ccccc3)C2)c1=O. The molecule has 0 radical (unpaired) electrons. The van der Waals surface area contributed by atoms with Crippen molar-refractivity contribution in [2.75, 3.05) is 13.1 Å². The molecule has 1 unspecified atom stereocenters. The van der Waals surface area contributed by atoms with Gasteiger partial charge in [0, 0.05) is 48.7 Å². The van der Waals surface area contributed by atoms with Gasteiger partial charge in [0.15, 0.2) is 0 Å². The molecule has 0 bridgehead atoms. The second-order valence-electron chi connectivity index (χ2n) is 8.40. The zero-order valence-electron chi connectivity index (χ0n) is 18.7. The highest BCUT2D eigenvalue weighted by Gasteiger charge is 2.21. The van der Waals surface area contributed by atoms with Crippen LogP contribution in [0.5, 0.6) is 0 Å². The lowest BCUT2D eigenvalue weighted by Gasteiger charge is -2.30. The fourth-order valence-electron chi connectivity index (χ4n) is 4.45. The van der Waals surface area contributed by atoms with Crippen LogP contribution in [0.2, 0.25) is 0 Å². The Morgan fingerprint density at radius 2 is 1.76 bits per heavy atom. The van der Waals surface area contributed by atoms with Crippen molar-refractivity contribution >= 4 is 0 Å². The predicted molar refractivity (Wildman–Crippen MR) is 134 cm³/mol.